The normalized spacial score (nSPS) is 11.8. The molecule has 2 nitrogen and oxygen atoms in total. The van der Waals surface area contributed by atoms with E-state index < -0.39 is 17.7 Å². The average molecular weight is 244 g/mol. The Morgan fingerprint density at radius 1 is 1.35 bits per heavy atom. The molecule has 0 heterocycles. The van der Waals surface area contributed by atoms with Gasteiger partial charge in [0.2, 0.25) is 0 Å². The molecule has 0 aliphatic heterocycles. The Kier molecular flexibility index (Phi) is 3.93. The van der Waals surface area contributed by atoms with Crippen molar-refractivity contribution in [1.82, 2.24) is 0 Å². The first-order valence-corrected chi connectivity index (χ1v) is 4.79. The molecule has 0 aromatic heterocycles. The third kappa shape index (κ3) is 3.34. The summed E-state index contributed by atoms with van der Waals surface area (Å²) in [5, 5.41) is 0. The van der Waals surface area contributed by atoms with E-state index in [9.17, 15) is 18.0 Å². The molecule has 0 bridgehead atoms. The number of alkyl halides is 3. The number of hydrogen-bond donors (Lipinski definition) is 0. The fraction of sp³-hybridized carbons (Fsp3) is 0.250. The Morgan fingerprint density at radius 3 is 2.53 bits per heavy atom. The highest BCUT2D eigenvalue weighted by Crippen LogP contribution is 2.33. The SMILES string of the molecule is COC(=O)C=Cc1c(C)cccc1C(F)(F)F. The van der Waals surface area contributed by atoms with Gasteiger partial charge in [0.05, 0.1) is 12.7 Å². The maximum atomic E-state index is 12.7. The van der Waals surface area contributed by atoms with Gasteiger partial charge in [-0.25, -0.2) is 4.79 Å². The lowest BCUT2D eigenvalue weighted by Crippen LogP contribution is -2.08. The largest absolute Gasteiger partial charge is 0.466 e. The van der Waals surface area contributed by atoms with Crippen molar-refractivity contribution in [3.05, 3.63) is 41.0 Å². The predicted octanol–water partition coefficient (Wildman–Crippen LogP) is 3.20. The van der Waals surface area contributed by atoms with E-state index >= 15 is 0 Å². The van der Waals surface area contributed by atoms with Gasteiger partial charge in [-0.05, 0) is 30.2 Å². The summed E-state index contributed by atoms with van der Waals surface area (Å²) in [5.41, 5.74) is -0.344. The Labute approximate surface area is 96.7 Å². The number of rotatable bonds is 2. The molecule has 0 unspecified atom stereocenters. The van der Waals surface area contributed by atoms with E-state index in [1.54, 1.807) is 13.0 Å². The standard InChI is InChI=1S/C12H11F3O2/c1-8-4-3-5-10(12(13,14)15)9(8)6-7-11(16)17-2/h3-7H,1-2H3. The van der Waals surface area contributed by atoms with Crippen LogP contribution in [-0.2, 0) is 15.7 Å². The van der Waals surface area contributed by atoms with Crippen LogP contribution >= 0.6 is 0 Å². The molecular weight excluding hydrogens is 233 g/mol. The summed E-state index contributed by atoms with van der Waals surface area (Å²) < 4.78 is 42.4. The third-order valence-corrected chi connectivity index (χ3v) is 2.22. The minimum absolute atomic E-state index is 0.0228. The molecule has 0 fully saturated rings. The molecule has 0 aliphatic rings. The lowest BCUT2D eigenvalue weighted by Gasteiger charge is -2.12. The first kappa shape index (κ1) is 13.3. The Morgan fingerprint density at radius 2 is 2.00 bits per heavy atom. The zero-order valence-corrected chi connectivity index (χ0v) is 9.34. The van der Waals surface area contributed by atoms with Gasteiger partial charge in [-0.2, -0.15) is 13.2 Å². The van der Waals surface area contributed by atoms with Crippen LogP contribution in [0.3, 0.4) is 0 Å². The molecule has 0 saturated heterocycles. The van der Waals surface area contributed by atoms with E-state index in [1.807, 2.05) is 0 Å². The third-order valence-electron chi connectivity index (χ3n) is 2.22. The van der Waals surface area contributed by atoms with Crippen LogP contribution in [0.2, 0.25) is 0 Å². The number of aryl methyl sites for hydroxylation is 1. The summed E-state index contributed by atoms with van der Waals surface area (Å²) in [7, 11) is 1.16. The first-order valence-electron chi connectivity index (χ1n) is 4.79. The summed E-state index contributed by atoms with van der Waals surface area (Å²) >= 11 is 0. The molecule has 17 heavy (non-hydrogen) atoms. The van der Waals surface area contributed by atoms with Crippen molar-refractivity contribution < 1.29 is 22.7 Å². The number of carbonyl (C=O) groups excluding carboxylic acids is 1. The van der Waals surface area contributed by atoms with Crippen molar-refractivity contribution in [2.45, 2.75) is 13.1 Å². The van der Waals surface area contributed by atoms with E-state index in [0.29, 0.717) is 5.56 Å². The summed E-state index contributed by atoms with van der Waals surface area (Å²) in [6, 6.07) is 3.85. The highest BCUT2D eigenvalue weighted by Gasteiger charge is 2.32. The Hall–Kier alpha value is -1.78. The molecule has 1 aromatic carbocycles. The van der Waals surface area contributed by atoms with Crippen LogP contribution < -0.4 is 0 Å². The average Bonchev–Trinajstić information content (AvgIpc) is 2.25. The molecule has 0 spiro atoms. The van der Waals surface area contributed by atoms with E-state index in [-0.39, 0.29) is 5.56 Å². The molecule has 0 aliphatic carbocycles. The van der Waals surface area contributed by atoms with Gasteiger partial charge in [0.1, 0.15) is 0 Å². The molecule has 5 heteroatoms. The maximum absolute atomic E-state index is 12.7. The zero-order chi connectivity index (χ0) is 13.1. The van der Waals surface area contributed by atoms with Gasteiger partial charge in [0.25, 0.3) is 0 Å². The maximum Gasteiger partial charge on any atom is 0.416 e. The quantitative estimate of drug-likeness (QED) is 0.590. The second-order valence-corrected chi connectivity index (χ2v) is 3.39. The van der Waals surface area contributed by atoms with Crippen molar-refractivity contribution in [2.24, 2.45) is 0 Å². The number of ether oxygens (including phenoxy) is 1. The smallest absolute Gasteiger partial charge is 0.416 e. The van der Waals surface area contributed by atoms with Crippen LogP contribution in [0.4, 0.5) is 13.2 Å². The summed E-state index contributed by atoms with van der Waals surface area (Å²) in [4.78, 5) is 10.9. The number of methoxy groups -OCH3 is 1. The molecule has 1 aromatic rings. The molecule has 1 rings (SSSR count). The van der Waals surface area contributed by atoms with Gasteiger partial charge in [-0.3, -0.25) is 0 Å². The number of hydrogen-bond acceptors (Lipinski definition) is 2. The molecule has 0 amide bonds. The van der Waals surface area contributed by atoms with Crippen LogP contribution in [0.5, 0.6) is 0 Å². The van der Waals surface area contributed by atoms with Crippen molar-refractivity contribution in [3.63, 3.8) is 0 Å². The van der Waals surface area contributed by atoms with E-state index in [0.717, 1.165) is 25.3 Å². The van der Waals surface area contributed by atoms with Crippen LogP contribution in [-0.4, -0.2) is 13.1 Å². The van der Waals surface area contributed by atoms with Crippen molar-refractivity contribution >= 4 is 12.0 Å². The van der Waals surface area contributed by atoms with E-state index in [2.05, 4.69) is 4.74 Å². The number of esters is 1. The van der Waals surface area contributed by atoms with Gasteiger partial charge >= 0.3 is 12.1 Å². The topological polar surface area (TPSA) is 26.3 Å². The van der Waals surface area contributed by atoms with Gasteiger partial charge in [0.15, 0.2) is 0 Å². The molecule has 0 atom stereocenters. The van der Waals surface area contributed by atoms with Gasteiger partial charge in [-0.1, -0.05) is 12.1 Å². The molecule has 0 radical (unpaired) electrons. The molecule has 0 saturated carbocycles. The fourth-order valence-electron chi connectivity index (χ4n) is 1.37. The Bertz CT molecular complexity index is 448. The summed E-state index contributed by atoms with van der Waals surface area (Å²) in [5.74, 6) is -0.693. The van der Waals surface area contributed by atoms with E-state index in [4.69, 9.17) is 0 Å². The van der Waals surface area contributed by atoms with Gasteiger partial charge < -0.3 is 4.74 Å². The van der Waals surface area contributed by atoms with E-state index in [1.165, 1.54) is 6.07 Å². The lowest BCUT2D eigenvalue weighted by atomic mass is 10.0. The number of halogens is 3. The van der Waals surface area contributed by atoms with Crippen LogP contribution in [0.25, 0.3) is 6.08 Å². The first-order chi connectivity index (χ1) is 7.86. The van der Waals surface area contributed by atoms with Crippen LogP contribution in [0.15, 0.2) is 24.3 Å². The zero-order valence-electron chi connectivity index (χ0n) is 9.34. The fourth-order valence-corrected chi connectivity index (χ4v) is 1.37. The van der Waals surface area contributed by atoms with Crippen molar-refractivity contribution in [2.75, 3.05) is 7.11 Å². The van der Waals surface area contributed by atoms with Crippen LogP contribution in [0, 0.1) is 6.92 Å². The Balaban J connectivity index is 3.22. The van der Waals surface area contributed by atoms with Crippen LogP contribution in [0.1, 0.15) is 16.7 Å². The number of carbonyl (C=O) groups is 1. The highest BCUT2D eigenvalue weighted by atomic mass is 19.4. The second-order valence-electron chi connectivity index (χ2n) is 3.39. The van der Waals surface area contributed by atoms with Crippen molar-refractivity contribution in [3.8, 4) is 0 Å². The summed E-state index contributed by atoms with van der Waals surface area (Å²) in [6.07, 6.45) is -2.36. The van der Waals surface area contributed by atoms with Gasteiger partial charge in [-0.15, -0.1) is 0 Å². The second kappa shape index (κ2) is 5.03. The van der Waals surface area contributed by atoms with Gasteiger partial charge in [0, 0.05) is 6.08 Å². The lowest BCUT2D eigenvalue weighted by molar-refractivity contribution is -0.138. The molecular formula is C12H11F3O2. The molecule has 0 N–H and O–H groups in total. The highest BCUT2D eigenvalue weighted by molar-refractivity contribution is 5.87. The number of benzene rings is 1. The molecule has 92 valence electrons. The monoisotopic (exact) mass is 244 g/mol. The minimum atomic E-state index is -4.44. The minimum Gasteiger partial charge on any atom is -0.466 e. The predicted molar refractivity (Wildman–Crippen MR) is 57.2 cm³/mol. The summed E-state index contributed by atoms with van der Waals surface area (Å²) in [6.45, 7) is 1.55. The van der Waals surface area contributed by atoms with Crippen molar-refractivity contribution in [1.29, 1.82) is 0 Å².